The zero-order chi connectivity index (χ0) is 36.5. The number of carboxylic acids is 1. The predicted octanol–water partition coefficient (Wildman–Crippen LogP) is 8.80. The Morgan fingerprint density at radius 2 is 0.935 bits per heavy atom. The van der Waals surface area contributed by atoms with Gasteiger partial charge in [-0.15, -0.1) is 0 Å². The van der Waals surface area contributed by atoms with Crippen LogP contribution in [0.15, 0.2) is 0 Å². The minimum absolute atomic E-state index is 0.133. The van der Waals surface area contributed by atoms with Crippen molar-refractivity contribution in [1.82, 2.24) is 0 Å². The van der Waals surface area contributed by atoms with E-state index in [1.165, 1.54) is 0 Å². The number of carbonyl (C=O) groups is 2. The maximum absolute atomic E-state index is 11.8. The van der Waals surface area contributed by atoms with Crippen molar-refractivity contribution < 1.29 is 58.5 Å². The fourth-order valence-corrected chi connectivity index (χ4v) is 2.97. The summed E-state index contributed by atoms with van der Waals surface area (Å²) in [6, 6.07) is 0. The number of rotatable bonds is 20. The fourth-order valence-electron chi connectivity index (χ4n) is 2.97. The van der Waals surface area contributed by atoms with Crippen molar-refractivity contribution in [2.24, 2.45) is 5.92 Å². The molecule has 276 valence electrons. The smallest absolute Gasteiger partial charge is 0.306 e. The van der Waals surface area contributed by atoms with Crippen LogP contribution in [-0.2, 0) is 53.4 Å². The van der Waals surface area contributed by atoms with Crippen LogP contribution in [0.4, 0.5) is 0 Å². The molecule has 0 radical (unpaired) electrons. The molecule has 1 atom stereocenters. The number of carbonyl (C=O) groups excluding carboxylic acids is 1. The van der Waals surface area contributed by atoms with Crippen molar-refractivity contribution in [2.75, 3.05) is 6.61 Å². The quantitative estimate of drug-likeness (QED) is 0.0436. The molecule has 0 spiro atoms. The van der Waals surface area contributed by atoms with Gasteiger partial charge in [-0.2, -0.15) is 19.6 Å². The van der Waals surface area contributed by atoms with Crippen LogP contribution in [-0.4, -0.2) is 57.6 Å². The summed E-state index contributed by atoms with van der Waals surface area (Å²) in [6.45, 7) is 30.0. The Balaban J connectivity index is 0. The first-order valence-corrected chi connectivity index (χ1v) is 16.5. The zero-order valence-corrected chi connectivity index (χ0v) is 31.9. The molecule has 0 amide bonds. The van der Waals surface area contributed by atoms with Crippen molar-refractivity contribution >= 4 is 11.9 Å². The molecule has 0 saturated carbocycles. The molecule has 12 heteroatoms. The Labute approximate surface area is 279 Å². The Hall–Kier alpha value is -1.38. The second kappa shape index (κ2) is 20.9. The first-order valence-electron chi connectivity index (χ1n) is 16.5. The van der Waals surface area contributed by atoms with Gasteiger partial charge in [0.25, 0.3) is 0 Å². The number of hydrogen-bond acceptors (Lipinski definition) is 11. The van der Waals surface area contributed by atoms with Gasteiger partial charge < -0.3 is 9.84 Å². The normalized spacial score (nSPS) is 14.0. The van der Waals surface area contributed by atoms with E-state index in [1.54, 1.807) is 13.8 Å². The van der Waals surface area contributed by atoms with Crippen molar-refractivity contribution in [3.05, 3.63) is 0 Å². The van der Waals surface area contributed by atoms with E-state index >= 15 is 0 Å². The van der Waals surface area contributed by atoms with Crippen LogP contribution in [0.25, 0.3) is 0 Å². The number of ether oxygens (including phenoxy) is 1. The standard InChI is InChI=1S/2C17H34O6/c1-9-10-13-19-14(18)11-12-17(8,22-20-15(2,3)4)23-21-16(5,6)7;1-9-10-11-13(14(18)19)12-17(8,22-20-15(2,3)4)23-21-16(5,6)7/h9-13H2,1-8H3;13H,9-12H2,1-8H3,(H,18,19). The highest BCUT2D eigenvalue weighted by Crippen LogP contribution is 2.30. The predicted molar refractivity (Wildman–Crippen MR) is 175 cm³/mol. The summed E-state index contributed by atoms with van der Waals surface area (Å²) in [4.78, 5) is 66.3. The molecule has 0 aliphatic carbocycles. The Bertz CT molecular complexity index is 793. The van der Waals surface area contributed by atoms with Crippen LogP contribution in [0, 0.1) is 5.92 Å². The van der Waals surface area contributed by atoms with E-state index in [-0.39, 0.29) is 25.2 Å². The summed E-state index contributed by atoms with van der Waals surface area (Å²) in [7, 11) is 0. The van der Waals surface area contributed by atoms with Gasteiger partial charge >= 0.3 is 11.9 Å². The molecule has 0 rings (SSSR count). The number of unbranched alkanes of at least 4 members (excludes halogenated alkanes) is 2. The molecule has 0 aromatic rings. The lowest BCUT2D eigenvalue weighted by Crippen LogP contribution is -2.41. The fraction of sp³-hybridized carbons (Fsp3) is 0.941. The minimum Gasteiger partial charge on any atom is -0.481 e. The van der Waals surface area contributed by atoms with E-state index < -0.39 is 45.9 Å². The first kappa shape index (κ1) is 46.7. The number of esters is 1. The monoisotopic (exact) mass is 668 g/mol. The highest BCUT2D eigenvalue weighted by atomic mass is 17.3. The average Bonchev–Trinajstić information content (AvgIpc) is 2.89. The molecule has 0 aromatic heterocycles. The van der Waals surface area contributed by atoms with Crippen LogP contribution in [0.3, 0.4) is 0 Å². The van der Waals surface area contributed by atoms with Crippen LogP contribution in [0.1, 0.15) is 162 Å². The van der Waals surface area contributed by atoms with E-state index in [1.807, 2.05) is 96.9 Å². The molecule has 0 aliphatic heterocycles. The summed E-state index contributed by atoms with van der Waals surface area (Å²) in [5, 5.41) is 9.43. The molecule has 0 saturated heterocycles. The Kier molecular flexibility index (Phi) is 21.2. The molecule has 0 aromatic carbocycles. The molecule has 46 heavy (non-hydrogen) atoms. The summed E-state index contributed by atoms with van der Waals surface area (Å²) in [5.41, 5.74) is -2.11. The summed E-state index contributed by atoms with van der Waals surface area (Å²) in [6.07, 6.45) is 4.69. The summed E-state index contributed by atoms with van der Waals surface area (Å²) in [5.74, 6) is -4.26. The highest BCUT2D eigenvalue weighted by molar-refractivity contribution is 5.70. The maximum atomic E-state index is 11.8. The molecular formula is C34H68O12. The van der Waals surface area contributed by atoms with Crippen molar-refractivity contribution in [2.45, 2.75) is 196 Å². The molecule has 0 bridgehead atoms. The summed E-state index contributed by atoms with van der Waals surface area (Å²) >= 11 is 0. The molecule has 0 heterocycles. The zero-order valence-electron chi connectivity index (χ0n) is 31.9. The van der Waals surface area contributed by atoms with Gasteiger partial charge in [-0.3, -0.25) is 9.59 Å². The van der Waals surface area contributed by atoms with Gasteiger partial charge in [-0.1, -0.05) is 33.1 Å². The van der Waals surface area contributed by atoms with Crippen molar-refractivity contribution in [1.29, 1.82) is 0 Å². The van der Waals surface area contributed by atoms with E-state index in [0.29, 0.717) is 13.0 Å². The van der Waals surface area contributed by atoms with Crippen LogP contribution < -0.4 is 0 Å². The Morgan fingerprint density at radius 1 is 0.565 bits per heavy atom. The van der Waals surface area contributed by atoms with Gasteiger partial charge in [0.15, 0.2) is 0 Å². The van der Waals surface area contributed by atoms with Gasteiger partial charge in [-0.05, 0) is 110 Å². The van der Waals surface area contributed by atoms with Crippen LogP contribution in [0.5, 0.6) is 0 Å². The number of carboxylic acid groups (broad SMARTS) is 1. The molecular weight excluding hydrogens is 600 g/mol. The molecule has 0 aliphatic rings. The largest absolute Gasteiger partial charge is 0.481 e. The van der Waals surface area contributed by atoms with E-state index in [2.05, 4.69) is 0 Å². The molecule has 1 unspecified atom stereocenters. The van der Waals surface area contributed by atoms with Crippen LogP contribution in [0.2, 0.25) is 0 Å². The third-order valence-electron chi connectivity index (χ3n) is 5.29. The topological polar surface area (TPSA) is 137 Å². The lowest BCUT2D eigenvalue weighted by atomic mass is 9.94. The summed E-state index contributed by atoms with van der Waals surface area (Å²) < 4.78 is 5.14. The maximum Gasteiger partial charge on any atom is 0.306 e. The van der Waals surface area contributed by atoms with Crippen LogP contribution >= 0.6 is 0 Å². The van der Waals surface area contributed by atoms with Crippen molar-refractivity contribution in [3.8, 4) is 0 Å². The van der Waals surface area contributed by atoms with Gasteiger partial charge in [0.1, 0.15) is 0 Å². The lowest BCUT2D eigenvalue weighted by molar-refractivity contribution is -0.538. The second-order valence-electron chi connectivity index (χ2n) is 15.8. The van der Waals surface area contributed by atoms with Gasteiger partial charge in [0.2, 0.25) is 11.6 Å². The van der Waals surface area contributed by atoms with Crippen molar-refractivity contribution in [3.63, 3.8) is 0 Å². The first-order chi connectivity index (χ1) is 20.6. The molecule has 12 nitrogen and oxygen atoms in total. The highest BCUT2D eigenvalue weighted by Gasteiger charge is 2.38. The van der Waals surface area contributed by atoms with Gasteiger partial charge in [-0.25, -0.2) is 19.6 Å². The van der Waals surface area contributed by atoms with E-state index in [4.69, 9.17) is 43.8 Å². The third-order valence-corrected chi connectivity index (χ3v) is 5.29. The minimum atomic E-state index is -1.31. The SMILES string of the molecule is CCCCC(CC(C)(OOC(C)(C)C)OOC(C)(C)C)C(=O)O.CCCCOC(=O)CCC(C)(OOC(C)(C)C)OOC(C)(C)C. The van der Waals surface area contributed by atoms with Gasteiger partial charge in [0, 0.05) is 12.8 Å². The van der Waals surface area contributed by atoms with Gasteiger partial charge in [0.05, 0.1) is 41.3 Å². The lowest BCUT2D eigenvalue weighted by Gasteiger charge is -2.34. The molecule has 0 fully saturated rings. The molecule has 1 N–H and O–H groups in total. The number of hydrogen-bond donors (Lipinski definition) is 1. The Morgan fingerprint density at radius 3 is 1.26 bits per heavy atom. The third kappa shape index (κ3) is 28.8. The number of aliphatic carboxylic acids is 1. The average molecular weight is 669 g/mol. The van der Waals surface area contributed by atoms with E-state index in [0.717, 1.165) is 25.7 Å². The second-order valence-corrected chi connectivity index (χ2v) is 15.8. The van der Waals surface area contributed by atoms with E-state index in [9.17, 15) is 14.7 Å².